The van der Waals surface area contributed by atoms with Crippen molar-refractivity contribution in [2.24, 2.45) is 5.73 Å². The molecule has 0 aliphatic carbocycles. The fraction of sp³-hybridized carbons (Fsp3) is 0.130. The molecule has 0 bridgehead atoms. The van der Waals surface area contributed by atoms with Crippen molar-refractivity contribution in [3.05, 3.63) is 77.9 Å². The van der Waals surface area contributed by atoms with Crippen molar-refractivity contribution >= 4 is 38.6 Å². The van der Waals surface area contributed by atoms with Crippen molar-refractivity contribution in [1.82, 2.24) is 0 Å². The van der Waals surface area contributed by atoms with E-state index in [1.54, 1.807) is 0 Å². The highest BCUT2D eigenvalue weighted by Crippen LogP contribution is 2.28. The molecule has 0 aliphatic rings. The van der Waals surface area contributed by atoms with Crippen LogP contribution < -0.4 is 22.5 Å². The fourth-order valence-corrected chi connectivity index (χ4v) is 3.65. The van der Waals surface area contributed by atoms with Gasteiger partial charge in [-0.15, -0.1) is 0 Å². The van der Waals surface area contributed by atoms with Gasteiger partial charge in [0.05, 0.1) is 0 Å². The molecule has 0 radical (unpaired) electrons. The molecule has 0 amide bonds. The van der Waals surface area contributed by atoms with E-state index in [1.807, 2.05) is 24.3 Å². The second kappa shape index (κ2) is 7.17. The molecule has 0 aromatic heterocycles. The van der Waals surface area contributed by atoms with E-state index in [2.05, 4.69) is 47.8 Å². The number of hydrogen-bond donors (Lipinski definition) is 4. The highest BCUT2D eigenvalue weighted by molar-refractivity contribution is 5.92. The predicted octanol–water partition coefficient (Wildman–Crippen LogP) is 4.27. The Morgan fingerprint density at radius 3 is 2.15 bits per heavy atom. The number of nitrogens with two attached hydrogens (primary N) is 3. The van der Waals surface area contributed by atoms with Gasteiger partial charge < -0.3 is 22.5 Å². The standard InChI is InChI=1S/C23H24N4/c24-9-8-16-12-21(13-18-11-20(26)5-7-23(16)18)27-14-17-3-1-2-15-10-19(25)4-6-22(15)17/h1-7,10-13,27H,8-9,14,24-26H2. The molecule has 0 aliphatic heterocycles. The van der Waals surface area contributed by atoms with Crippen LogP contribution in [0.1, 0.15) is 11.1 Å². The van der Waals surface area contributed by atoms with Gasteiger partial charge in [-0.2, -0.15) is 0 Å². The van der Waals surface area contributed by atoms with Gasteiger partial charge in [0, 0.05) is 23.6 Å². The third kappa shape index (κ3) is 3.52. The topological polar surface area (TPSA) is 90.1 Å². The lowest BCUT2D eigenvalue weighted by molar-refractivity contribution is 0.977. The zero-order chi connectivity index (χ0) is 18.8. The molecule has 136 valence electrons. The maximum absolute atomic E-state index is 5.98. The minimum Gasteiger partial charge on any atom is -0.399 e. The Kier molecular flexibility index (Phi) is 4.57. The van der Waals surface area contributed by atoms with E-state index in [-0.39, 0.29) is 0 Å². The molecule has 0 atom stereocenters. The molecule has 27 heavy (non-hydrogen) atoms. The zero-order valence-corrected chi connectivity index (χ0v) is 15.2. The van der Waals surface area contributed by atoms with Crippen molar-refractivity contribution in [3.8, 4) is 0 Å². The summed E-state index contributed by atoms with van der Waals surface area (Å²) < 4.78 is 0. The highest BCUT2D eigenvalue weighted by Gasteiger charge is 2.06. The third-order valence-electron chi connectivity index (χ3n) is 4.95. The molecule has 0 fully saturated rings. The Balaban J connectivity index is 1.68. The molecule has 4 aromatic carbocycles. The lowest BCUT2D eigenvalue weighted by atomic mass is 10.00. The molecule has 4 nitrogen and oxygen atoms in total. The predicted molar refractivity (Wildman–Crippen MR) is 117 cm³/mol. The number of hydrogen-bond acceptors (Lipinski definition) is 4. The van der Waals surface area contributed by atoms with Crippen LogP contribution in [0.2, 0.25) is 0 Å². The Hall–Kier alpha value is -3.24. The van der Waals surface area contributed by atoms with Crippen LogP contribution in [0, 0.1) is 0 Å². The van der Waals surface area contributed by atoms with Crippen LogP contribution in [0.3, 0.4) is 0 Å². The van der Waals surface area contributed by atoms with E-state index < -0.39 is 0 Å². The van der Waals surface area contributed by atoms with Gasteiger partial charge in [0.2, 0.25) is 0 Å². The Labute approximate surface area is 159 Å². The van der Waals surface area contributed by atoms with Gasteiger partial charge in [0.25, 0.3) is 0 Å². The minimum absolute atomic E-state index is 0.619. The molecule has 4 rings (SSSR count). The highest BCUT2D eigenvalue weighted by atomic mass is 14.9. The molecule has 4 aromatic rings. The van der Waals surface area contributed by atoms with E-state index in [4.69, 9.17) is 17.2 Å². The molecule has 4 heteroatoms. The van der Waals surface area contributed by atoms with Crippen LogP contribution in [-0.2, 0) is 13.0 Å². The minimum atomic E-state index is 0.619. The Morgan fingerprint density at radius 1 is 0.704 bits per heavy atom. The number of nitrogen functional groups attached to an aromatic ring is 2. The SMILES string of the molecule is NCCc1cc(NCc2cccc3cc(N)ccc23)cc2cc(N)ccc12. The van der Waals surface area contributed by atoms with Crippen LogP contribution in [0.15, 0.2) is 66.7 Å². The van der Waals surface area contributed by atoms with E-state index in [0.29, 0.717) is 6.54 Å². The van der Waals surface area contributed by atoms with Crippen molar-refractivity contribution in [3.63, 3.8) is 0 Å². The zero-order valence-electron chi connectivity index (χ0n) is 15.2. The number of fused-ring (bicyclic) bond motifs is 2. The van der Waals surface area contributed by atoms with Crippen molar-refractivity contribution < 1.29 is 0 Å². The maximum atomic E-state index is 5.98. The van der Waals surface area contributed by atoms with Gasteiger partial charge in [-0.25, -0.2) is 0 Å². The molecule has 0 unspecified atom stereocenters. The lowest BCUT2D eigenvalue weighted by Gasteiger charge is -2.14. The van der Waals surface area contributed by atoms with Crippen LogP contribution in [0.25, 0.3) is 21.5 Å². The molecular formula is C23H24N4. The number of nitrogens with one attached hydrogen (secondary N) is 1. The fourth-order valence-electron chi connectivity index (χ4n) is 3.65. The summed E-state index contributed by atoms with van der Waals surface area (Å²) in [5.74, 6) is 0. The first-order valence-corrected chi connectivity index (χ1v) is 9.17. The van der Waals surface area contributed by atoms with Gasteiger partial charge in [0.15, 0.2) is 0 Å². The van der Waals surface area contributed by atoms with Crippen LogP contribution >= 0.6 is 0 Å². The van der Waals surface area contributed by atoms with E-state index in [0.717, 1.165) is 40.8 Å². The van der Waals surface area contributed by atoms with Crippen molar-refractivity contribution in [2.75, 3.05) is 23.3 Å². The summed E-state index contributed by atoms with van der Waals surface area (Å²) in [4.78, 5) is 0. The first-order valence-electron chi connectivity index (χ1n) is 9.17. The number of anilines is 3. The largest absolute Gasteiger partial charge is 0.399 e. The van der Waals surface area contributed by atoms with Gasteiger partial charge in [-0.05, 0) is 82.0 Å². The molecule has 0 heterocycles. The average molecular weight is 356 g/mol. The smallest absolute Gasteiger partial charge is 0.0406 e. The molecule has 0 saturated heterocycles. The van der Waals surface area contributed by atoms with Crippen molar-refractivity contribution in [2.45, 2.75) is 13.0 Å². The number of benzene rings is 4. The van der Waals surface area contributed by atoms with Crippen LogP contribution in [-0.4, -0.2) is 6.54 Å². The average Bonchev–Trinajstić information content (AvgIpc) is 2.66. The van der Waals surface area contributed by atoms with Gasteiger partial charge in [-0.1, -0.05) is 30.3 Å². The van der Waals surface area contributed by atoms with E-state index in [9.17, 15) is 0 Å². The van der Waals surface area contributed by atoms with Gasteiger partial charge in [0.1, 0.15) is 0 Å². The third-order valence-corrected chi connectivity index (χ3v) is 4.95. The van der Waals surface area contributed by atoms with Gasteiger partial charge >= 0.3 is 0 Å². The Bertz CT molecular complexity index is 1120. The summed E-state index contributed by atoms with van der Waals surface area (Å²) in [6.45, 7) is 1.35. The normalized spacial score (nSPS) is 11.1. The Morgan fingerprint density at radius 2 is 1.41 bits per heavy atom. The number of rotatable bonds is 5. The lowest BCUT2D eigenvalue weighted by Crippen LogP contribution is -2.05. The maximum Gasteiger partial charge on any atom is 0.0406 e. The summed E-state index contributed by atoms with van der Waals surface area (Å²) in [7, 11) is 0. The summed E-state index contributed by atoms with van der Waals surface area (Å²) in [5, 5.41) is 8.28. The molecule has 0 saturated carbocycles. The first-order chi connectivity index (χ1) is 13.1. The summed E-state index contributed by atoms with van der Waals surface area (Å²) in [6.07, 6.45) is 0.837. The van der Waals surface area contributed by atoms with Crippen molar-refractivity contribution in [1.29, 1.82) is 0 Å². The van der Waals surface area contributed by atoms with E-state index in [1.165, 1.54) is 21.9 Å². The van der Waals surface area contributed by atoms with Crippen LogP contribution in [0.4, 0.5) is 17.1 Å². The van der Waals surface area contributed by atoms with E-state index >= 15 is 0 Å². The second-order valence-electron chi connectivity index (χ2n) is 6.91. The van der Waals surface area contributed by atoms with Crippen LogP contribution in [0.5, 0.6) is 0 Å². The van der Waals surface area contributed by atoms with Gasteiger partial charge in [-0.3, -0.25) is 0 Å². The summed E-state index contributed by atoms with van der Waals surface area (Å²) >= 11 is 0. The monoisotopic (exact) mass is 356 g/mol. The quantitative estimate of drug-likeness (QED) is 0.402. The second-order valence-corrected chi connectivity index (χ2v) is 6.91. The molecular weight excluding hydrogens is 332 g/mol. The summed E-state index contributed by atoms with van der Waals surface area (Å²) in [5.41, 5.74) is 22.8. The summed E-state index contributed by atoms with van der Waals surface area (Å²) in [6, 6.07) is 22.7. The first kappa shape index (κ1) is 17.2. The molecule has 0 spiro atoms. The molecule has 7 N–H and O–H groups in total.